The molecule has 1 aromatic rings. The number of alkyl halides is 3. The molecule has 0 radical (unpaired) electrons. The Labute approximate surface area is 148 Å². The summed E-state index contributed by atoms with van der Waals surface area (Å²) in [4.78, 5) is 24.1. The molecule has 2 heterocycles. The molecule has 2 atom stereocenters. The molecule has 3 N–H and O–H groups in total. The van der Waals surface area contributed by atoms with Crippen molar-refractivity contribution >= 4 is 11.8 Å². The average Bonchev–Trinajstić information content (AvgIpc) is 3.23. The van der Waals surface area contributed by atoms with E-state index in [4.69, 9.17) is 4.74 Å². The fourth-order valence-corrected chi connectivity index (χ4v) is 3.40. The Kier molecular flexibility index (Phi) is 5.19. The fourth-order valence-electron chi connectivity index (χ4n) is 3.40. The molecule has 26 heavy (non-hydrogen) atoms. The molecule has 2 saturated heterocycles. The largest absolute Gasteiger partial charge is 0.416 e. The van der Waals surface area contributed by atoms with Gasteiger partial charge in [-0.1, -0.05) is 6.07 Å². The minimum absolute atomic E-state index is 0.147. The van der Waals surface area contributed by atoms with E-state index in [2.05, 4.69) is 16.0 Å². The van der Waals surface area contributed by atoms with Gasteiger partial charge < -0.3 is 20.7 Å². The van der Waals surface area contributed by atoms with Crippen molar-refractivity contribution in [3.63, 3.8) is 0 Å². The highest BCUT2D eigenvalue weighted by atomic mass is 19.4. The van der Waals surface area contributed by atoms with Gasteiger partial charge in [0, 0.05) is 25.3 Å². The standard InChI is InChI=1S/C17H20F3N3O3/c18-17(19,20)12-4-1-3-11(7-12)15(25)22-9-14(24)23-13-8-21-10-16(13)5-2-6-26-16/h1,3-4,7,13,21H,2,5-6,8-10H2,(H,22,25)(H,23,24). The number of amides is 2. The maximum Gasteiger partial charge on any atom is 0.416 e. The van der Waals surface area contributed by atoms with Crippen molar-refractivity contribution in [1.82, 2.24) is 16.0 Å². The zero-order valence-electron chi connectivity index (χ0n) is 14.0. The number of halogens is 3. The number of hydrogen-bond donors (Lipinski definition) is 3. The number of hydrogen-bond acceptors (Lipinski definition) is 4. The van der Waals surface area contributed by atoms with Crippen molar-refractivity contribution in [2.45, 2.75) is 30.7 Å². The number of ether oxygens (including phenoxy) is 1. The Bertz CT molecular complexity index is 682. The van der Waals surface area contributed by atoms with Gasteiger partial charge in [-0.15, -0.1) is 0 Å². The number of carbonyl (C=O) groups excluding carboxylic acids is 2. The van der Waals surface area contributed by atoms with E-state index in [1.54, 1.807) is 0 Å². The average molecular weight is 371 g/mol. The van der Waals surface area contributed by atoms with Crippen LogP contribution >= 0.6 is 0 Å². The van der Waals surface area contributed by atoms with Crippen LogP contribution in [0.1, 0.15) is 28.8 Å². The Hall–Kier alpha value is -2.13. The molecule has 2 amide bonds. The molecule has 1 spiro atoms. The Morgan fingerprint density at radius 1 is 1.35 bits per heavy atom. The predicted molar refractivity (Wildman–Crippen MR) is 86.5 cm³/mol. The van der Waals surface area contributed by atoms with Gasteiger partial charge in [0.1, 0.15) is 5.60 Å². The van der Waals surface area contributed by atoms with Gasteiger partial charge in [-0.3, -0.25) is 9.59 Å². The topological polar surface area (TPSA) is 79.5 Å². The van der Waals surface area contributed by atoms with Crippen LogP contribution in [0.4, 0.5) is 13.2 Å². The van der Waals surface area contributed by atoms with Crippen molar-refractivity contribution in [3.05, 3.63) is 35.4 Å². The van der Waals surface area contributed by atoms with Gasteiger partial charge in [-0.05, 0) is 31.0 Å². The first-order chi connectivity index (χ1) is 12.3. The van der Waals surface area contributed by atoms with Gasteiger partial charge in [0.25, 0.3) is 5.91 Å². The van der Waals surface area contributed by atoms with Crippen LogP contribution in [-0.2, 0) is 15.7 Å². The lowest BCUT2D eigenvalue weighted by Crippen LogP contribution is -2.53. The third kappa shape index (κ3) is 3.99. The summed E-state index contributed by atoms with van der Waals surface area (Å²) in [6.45, 7) is 1.57. The fraction of sp³-hybridized carbons (Fsp3) is 0.529. The van der Waals surface area contributed by atoms with Crippen LogP contribution in [-0.4, -0.2) is 49.7 Å². The summed E-state index contributed by atoms with van der Waals surface area (Å²) in [5.74, 6) is -1.14. The predicted octanol–water partition coefficient (Wildman–Crippen LogP) is 1.07. The molecule has 2 aliphatic rings. The third-order valence-electron chi connectivity index (χ3n) is 4.74. The van der Waals surface area contributed by atoms with E-state index in [0.29, 0.717) is 19.7 Å². The van der Waals surface area contributed by atoms with Crippen LogP contribution in [0, 0.1) is 0 Å². The highest BCUT2D eigenvalue weighted by Gasteiger charge is 2.46. The SMILES string of the molecule is O=C(CNC(=O)c1cccc(C(F)(F)F)c1)NC1CNCC12CCCO2. The number of nitrogens with one attached hydrogen (secondary N) is 3. The van der Waals surface area contributed by atoms with E-state index in [1.807, 2.05) is 0 Å². The quantitative estimate of drug-likeness (QED) is 0.740. The van der Waals surface area contributed by atoms with E-state index in [9.17, 15) is 22.8 Å². The van der Waals surface area contributed by atoms with E-state index < -0.39 is 29.2 Å². The van der Waals surface area contributed by atoms with Crippen LogP contribution in [0.15, 0.2) is 24.3 Å². The van der Waals surface area contributed by atoms with E-state index in [0.717, 1.165) is 31.0 Å². The molecule has 0 aliphatic carbocycles. The molecule has 0 bridgehead atoms. The normalized spacial score (nSPS) is 25.4. The van der Waals surface area contributed by atoms with Gasteiger partial charge in [0.05, 0.1) is 18.2 Å². The first kappa shape index (κ1) is 18.7. The molecular weight excluding hydrogens is 351 g/mol. The number of rotatable bonds is 4. The van der Waals surface area contributed by atoms with E-state index >= 15 is 0 Å². The molecule has 6 nitrogen and oxygen atoms in total. The van der Waals surface area contributed by atoms with Crippen LogP contribution < -0.4 is 16.0 Å². The monoisotopic (exact) mass is 371 g/mol. The lowest BCUT2D eigenvalue weighted by Gasteiger charge is -2.29. The summed E-state index contributed by atoms with van der Waals surface area (Å²) in [5, 5.41) is 8.37. The molecule has 9 heteroatoms. The molecule has 2 fully saturated rings. The van der Waals surface area contributed by atoms with Gasteiger partial charge in [-0.2, -0.15) is 13.2 Å². The molecule has 3 rings (SSSR count). The summed E-state index contributed by atoms with van der Waals surface area (Å²) in [5.41, 5.74) is -1.46. The molecule has 1 aromatic carbocycles. The minimum Gasteiger partial charge on any atom is -0.371 e. The summed E-state index contributed by atoms with van der Waals surface area (Å²) in [6, 6.07) is 3.88. The third-order valence-corrected chi connectivity index (χ3v) is 4.74. The van der Waals surface area contributed by atoms with Gasteiger partial charge in [-0.25, -0.2) is 0 Å². The smallest absolute Gasteiger partial charge is 0.371 e. The Morgan fingerprint density at radius 2 is 2.15 bits per heavy atom. The lowest BCUT2D eigenvalue weighted by atomic mass is 9.94. The van der Waals surface area contributed by atoms with Crippen LogP contribution in [0.5, 0.6) is 0 Å². The molecule has 0 saturated carbocycles. The highest BCUT2D eigenvalue weighted by Crippen LogP contribution is 2.31. The van der Waals surface area contributed by atoms with Crippen LogP contribution in [0.25, 0.3) is 0 Å². The summed E-state index contributed by atoms with van der Waals surface area (Å²) in [7, 11) is 0. The molecule has 2 aliphatic heterocycles. The number of benzene rings is 1. The maximum atomic E-state index is 12.7. The zero-order valence-corrected chi connectivity index (χ0v) is 14.0. The lowest BCUT2D eigenvalue weighted by molar-refractivity contribution is -0.137. The van der Waals surface area contributed by atoms with Crippen molar-refractivity contribution < 1.29 is 27.5 Å². The van der Waals surface area contributed by atoms with Gasteiger partial charge in [0.2, 0.25) is 5.91 Å². The first-order valence-corrected chi connectivity index (χ1v) is 8.40. The van der Waals surface area contributed by atoms with Crippen LogP contribution in [0.2, 0.25) is 0 Å². The van der Waals surface area contributed by atoms with E-state index in [-0.39, 0.29) is 18.2 Å². The second-order valence-electron chi connectivity index (χ2n) is 6.53. The second-order valence-corrected chi connectivity index (χ2v) is 6.53. The summed E-state index contributed by atoms with van der Waals surface area (Å²) < 4.78 is 43.9. The summed E-state index contributed by atoms with van der Waals surface area (Å²) >= 11 is 0. The van der Waals surface area contributed by atoms with Gasteiger partial charge >= 0.3 is 6.18 Å². The maximum absolute atomic E-state index is 12.7. The number of carbonyl (C=O) groups is 2. The first-order valence-electron chi connectivity index (χ1n) is 8.40. The van der Waals surface area contributed by atoms with Crippen LogP contribution in [0.3, 0.4) is 0 Å². The molecule has 0 aromatic heterocycles. The van der Waals surface area contributed by atoms with Crippen molar-refractivity contribution in [1.29, 1.82) is 0 Å². The van der Waals surface area contributed by atoms with E-state index in [1.165, 1.54) is 6.07 Å². The Balaban J connectivity index is 1.54. The van der Waals surface area contributed by atoms with Crippen molar-refractivity contribution in [3.8, 4) is 0 Å². The molecule has 2 unspecified atom stereocenters. The molecular formula is C17H20F3N3O3. The van der Waals surface area contributed by atoms with Gasteiger partial charge in [0.15, 0.2) is 0 Å². The van der Waals surface area contributed by atoms with Crippen molar-refractivity contribution in [2.75, 3.05) is 26.2 Å². The van der Waals surface area contributed by atoms with Crippen molar-refractivity contribution in [2.24, 2.45) is 0 Å². The molecule has 142 valence electrons. The Morgan fingerprint density at radius 3 is 2.85 bits per heavy atom. The zero-order chi connectivity index (χ0) is 18.8. The minimum atomic E-state index is -4.53. The second kappa shape index (κ2) is 7.24. The highest BCUT2D eigenvalue weighted by molar-refractivity contribution is 5.96. The summed E-state index contributed by atoms with van der Waals surface area (Å²) in [6.07, 6.45) is -2.75.